The van der Waals surface area contributed by atoms with E-state index in [4.69, 9.17) is 4.74 Å². The second kappa shape index (κ2) is 5.25. The molecule has 0 aliphatic carbocycles. The molecule has 1 aliphatic rings. The molecule has 0 unspecified atom stereocenters. The van der Waals surface area contributed by atoms with E-state index in [2.05, 4.69) is 20.8 Å². The molecule has 16 heavy (non-hydrogen) atoms. The van der Waals surface area contributed by atoms with Gasteiger partial charge >= 0.3 is 0 Å². The summed E-state index contributed by atoms with van der Waals surface area (Å²) in [6, 6.07) is 4.85. The number of rotatable bonds is 3. The molecule has 1 aromatic carbocycles. The number of benzene rings is 1. The zero-order valence-corrected chi connectivity index (χ0v) is 10.8. The van der Waals surface area contributed by atoms with E-state index in [1.807, 2.05) is 6.07 Å². The second-order valence-electron chi connectivity index (χ2n) is 4.12. The van der Waals surface area contributed by atoms with Gasteiger partial charge in [-0.25, -0.2) is 4.39 Å². The molecule has 0 amide bonds. The summed E-state index contributed by atoms with van der Waals surface area (Å²) < 4.78 is 19.1. The number of likely N-dealkylation sites (tertiary alicyclic amines) is 1. The fraction of sp³-hybridized carbons (Fsp3) is 0.500. The number of ether oxygens (including phenoxy) is 1. The highest BCUT2D eigenvalue weighted by Crippen LogP contribution is 2.22. The van der Waals surface area contributed by atoms with Gasteiger partial charge in [0.2, 0.25) is 0 Å². The van der Waals surface area contributed by atoms with Crippen LogP contribution in [0.1, 0.15) is 12.0 Å². The van der Waals surface area contributed by atoms with E-state index >= 15 is 0 Å². The van der Waals surface area contributed by atoms with Crippen LogP contribution in [-0.2, 0) is 11.3 Å². The lowest BCUT2D eigenvalue weighted by molar-refractivity contribution is 0.107. The summed E-state index contributed by atoms with van der Waals surface area (Å²) in [6.45, 7) is 2.85. The van der Waals surface area contributed by atoms with Gasteiger partial charge in [-0.1, -0.05) is 22.0 Å². The minimum Gasteiger partial charge on any atom is -0.380 e. The minimum absolute atomic E-state index is 0.202. The maximum Gasteiger partial charge on any atom is 0.124 e. The van der Waals surface area contributed by atoms with E-state index < -0.39 is 0 Å². The van der Waals surface area contributed by atoms with E-state index in [0.717, 1.165) is 36.1 Å². The number of halogens is 2. The summed E-state index contributed by atoms with van der Waals surface area (Å²) in [7, 11) is 1.75. The van der Waals surface area contributed by atoms with E-state index in [-0.39, 0.29) is 5.82 Å². The fourth-order valence-electron chi connectivity index (χ4n) is 2.02. The van der Waals surface area contributed by atoms with E-state index in [1.54, 1.807) is 7.11 Å². The van der Waals surface area contributed by atoms with Gasteiger partial charge in [-0.05, 0) is 24.1 Å². The zero-order valence-electron chi connectivity index (χ0n) is 9.25. The normalized spacial score (nSPS) is 21.6. The minimum atomic E-state index is -0.202. The molecule has 1 saturated heterocycles. The van der Waals surface area contributed by atoms with Gasteiger partial charge in [0.1, 0.15) is 5.82 Å². The van der Waals surface area contributed by atoms with Crippen molar-refractivity contribution >= 4 is 15.9 Å². The molecule has 1 heterocycles. The fourth-order valence-corrected chi connectivity index (χ4v) is 2.50. The highest BCUT2D eigenvalue weighted by atomic mass is 79.9. The van der Waals surface area contributed by atoms with E-state index in [0.29, 0.717) is 6.10 Å². The number of methoxy groups -OCH3 is 1. The quantitative estimate of drug-likeness (QED) is 0.848. The summed E-state index contributed by atoms with van der Waals surface area (Å²) in [5.41, 5.74) is 1.12. The second-order valence-corrected chi connectivity index (χ2v) is 4.97. The average molecular weight is 288 g/mol. The van der Waals surface area contributed by atoms with Crippen LogP contribution in [0, 0.1) is 5.82 Å². The summed E-state index contributed by atoms with van der Waals surface area (Å²) in [6.07, 6.45) is 1.43. The first-order valence-electron chi connectivity index (χ1n) is 5.38. The molecule has 1 fully saturated rings. The molecule has 0 aromatic heterocycles. The first kappa shape index (κ1) is 12.0. The van der Waals surface area contributed by atoms with Gasteiger partial charge in [0, 0.05) is 31.2 Å². The van der Waals surface area contributed by atoms with Gasteiger partial charge in [-0.15, -0.1) is 0 Å². The molecule has 0 saturated carbocycles. The zero-order chi connectivity index (χ0) is 11.5. The summed E-state index contributed by atoms with van der Waals surface area (Å²) >= 11 is 3.39. The molecule has 0 radical (unpaired) electrons. The molecule has 0 N–H and O–H groups in total. The lowest BCUT2D eigenvalue weighted by atomic mass is 10.2. The summed E-state index contributed by atoms with van der Waals surface area (Å²) in [4.78, 5) is 2.33. The van der Waals surface area contributed by atoms with Crippen LogP contribution in [0.2, 0.25) is 0 Å². The van der Waals surface area contributed by atoms with Crippen molar-refractivity contribution in [3.63, 3.8) is 0 Å². The van der Waals surface area contributed by atoms with Gasteiger partial charge in [0.25, 0.3) is 0 Å². The molecule has 1 atom stereocenters. The van der Waals surface area contributed by atoms with Crippen LogP contribution in [0.15, 0.2) is 22.7 Å². The molecule has 0 spiro atoms. The van der Waals surface area contributed by atoms with E-state index in [1.165, 1.54) is 12.1 Å². The van der Waals surface area contributed by atoms with Crippen LogP contribution < -0.4 is 0 Å². The SMILES string of the molecule is CO[C@@H]1CCN(Cc2ccc(F)cc2Br)C1. The van der Waals surface area contributed by atoms with Crippen LogP contribution in [0.4, 0.5) is 4.39 Å². The number of hydrogen-bond acceptors (Lipinski definition) is 2. The van der Waals surface area contributed by atoms with Gasteiger partial charge < -0.3 is 4.74 Å². The average Bonchev–Trinajstić information content (AvgIpc) is 2.70. The predicted molar refractivity (Wildman–Crippen MR) is 64.8 cm³/mol. The standard InChI is InChI=1S/C12H15BrFNO/c1-16-11-4-5-15(8-11)7-9-2-3-10(14)6-12(9)13/h2-3,6,11H,4-5,7-8H2,1H3/t11-/m1/s1. The Bertz CT molecular complexity index is 372. The van der Waals surface area contributed by atoms with Crippen LogP contribution in [0.5, 0.6) is 0 Å². The lowest BCUT2D eigenvalue weighted by Gasteiger charge is -2.16. The van der Waals surface area contributed by atoms with Crippen molar-refractivity contribution in [2.75, 3.05) is 20.2 Å². The molecule has 0 bridgehead atoms. The van der Waals surface area contributed by atoms with Crippen LogP contribution in [0.25, 0.3) is 0 Å². The van der Waals surface area contributed by atoms with Crippen molar-refractivity contribution in [1.82, 2.24) is 4.90 Å². The van der Waals surface area contributed by atoms with Gasteiger partial charge in [-0.3, -0.25) is 4.90 Å². The molecule has 4 heteroatoms. The third-order valence-corrected chi connectivity index (χ3v) is 3.71. The highest BCUT2D eigenvalue weighted by Gasteiger charge is 2.22. The van der Waals surface area contributed by atoms with Crippen molar-refractivity contribution in [3.8, 4) is 0 Å². The third-order valence-electron chi connectivity index (χ3n) is 2.97. The Hall–Kier alpha value is -0.450. The first-order chi connectivity index (χ1) is 7.69. The first-order valence-corrected chi connectivity index (χ1v) is 6.17. The monoisotopic (exact) mass is 287 g/mol. The van der Waals surface area contributed by atoms with Crippen molar-refractivity contribution in [2.24, 2.45) is 0 Å². The van der Waals surface area contributed by atoms with Crippen molar-refractivity contribution in [1.29, 1.82) is 0 Å². The van der Waals surface area contributed by atoms with Crippen LogP contribution in [-0.4, -0.2) is 31.2 Å². The molecular formula is C12H15BrFNO. The van der Waals surface area contributed by atoms with Gasteiger partial charge in [0.15, 0.2) is 0 Å². The maximum absolute atomic E-state index is 12.9. The Morgan fingerprint density at radius 3 is 3.00 bits per heavy atom. The Kier molecular flexibility index (Phi) is 3.95. The molecular weight excluding hydrogens is 273 g/mol. The Balaban J connectivity index is 1.99. The molecule has 88 valence electrons. The van der Waals surface area contributed by atoms with Gasteiger partial charge in [0.05, 0.1) is 6.10 Å². The van der Waals surface area contributed by atoms with Crippen molar-refractivity contribution < 1.29 is 9.13 Å². The molecule has 2 rings (SSSR count). The maximum atomic E-state index is 12.9. The predicted octanol–water partition coefficient (Wildman–Crippen LogP) is 2.81. The Morgan fingerprint density at radius 2 is 2.38 bits per heavy atom. The summed E-state index contributed by atoms with van der Waals surface area (Å²) in [5.74, 6) is -0.202. The number of nitrogens with zero attached hydrogens (tertiary/aromatic N) is 1. The molecule has 1 aliphatic heterocycles. The lowest BCUT2D eigenvalue weighted by Crippen LogP contribution is -2.22. The van der Waals surface area contributed by atoms with E-state index in [9.17, 15) is 4.39 Å². The topological polar surface area (TPSA) is 12.5 Å². The van der Waals surface area contributed by atoms with Crippen LogP contribution >= 0.6 is 15.9 Å². The van der Waals surface area contributed by atoms with Gasteiger partial charge in [-0.2, -0.15) is 0 Å². The Labute approximate surface area is 104 Å². The number of hydrogen-bond donors (Lipinski definition) is 0. The molecule has 2 nitrogen and oxygen atoms in total. The van der Waals surface area contributed by atoms with Crippen molar-refractivity contribution in [3.05, 3.63) is 34.1 Å². The smallest absolute Gasteiger partial charge is 0.124 e. The van der Waals surface area contributed by atoms with Crippen molar-refractivity contribution in [2.45, 2.75) is 19.1 Å². The van der Waals surface area contributed by atoms with Crippen LogP contribution in [0.3, 0.4) is 0 Å². The largest absolute Gasteiger partial charge is 0.380 e. The third kappa shape index (κ3) is 2.81. The highest BCUT2D eigenvalue weighted by molar-refractivity contribution is 9.10. The molecule has 1 aromatic rings. The summed E-state index contributed by atoms with van der Waals surface area (Å²) in [5, 5.41) is 0. The Morgan fingerprint density at radius 1 is 1.56 bits per heavy atom.